The number of fused-ring (bicyclic) bond motifs is 1. The zero-order valence-electron chi connectivity index (χ0n) is 19.4. The largest absolute Gasteiger partial charge is 0.486 e. The first kappa shape index (κ1) is 24.5. The van der Waals surface area contributed by atoms with Crippen LogP contribution in [-0.2, 0) is 9.59 Å². The molecule has 0 heterocycles. The van der Waals surface area contributed by atoms with Gasteiger partial charge in [-0.15, -0.1) is 0 Å². The molecule has 4 rings (SSSR count). The van der Waals surface area contributed by atoms with Crippen LogP contribution in [0.15, 0.2) is 102 Å². The van der Waals surface area contributed by atoms with Gasteiger partial charge < -0.3 is 15.1 Å². The smallest absolute Gasteiger partial charge is 0.333 e. The number of hydrogen-bond acceptors (Lipinski definition) is 3. The van der Waals surface area contributed by atoms with E-state index in [1.807, 2.05) is 65.6 Å². The van der Waals surface area contributed by atoms with Crippen LogP contribution in [0.4, 0.5) is 17.1 Å². The molecule has 0 saturated carbocycles. The van der Waals surface area contributed by atoms with Crippen LogP contribution in [0.25, 0.3) is 32.6 Å². The maximum Gasteiger partial charge on any atom is 0.333 e. The lowest BCUT2D eigenvalue weighted by molar-refractivity contribution is -0.133. The normalized spacial score (nSPS) is 11.4. The molecule has 0 atom stereocenters. The summed E-state index contributed by atoms with van der Waals surface area (Å²) in [6, 6.07) is 28.4. The minimum Gasteiger partial charge on any atom is -0.486 e. The van der Waals surface area contributed by atoms with Crippen LogP contribution in [0.5, 0.6) is 0 Å². The molecule has 0 aliphatic rings. The average Bonchev–Trinajstić information content (AvgIpc) is 2.91. The molecule has 2 N–H and O–H groups in total. The Hall–Kier alpha value is -5.66. The van der Waals surface area contributed by atoms with Crippen molar-refractivity contribution in [2.75, 3.05) is 4.90 Å². The summed E-state index contributed by atoms with van der Waals surface area (Å²) in [5.41, 5.74) is 2.88. The van der Waals surface area contributed by atoms with Crippen molar-refractivity contribution < 1.29 is 19.8 Å². The number of nitrogens with zero attached hydrogens (tertiary/aromatic N) is 3. The lowest BCUT2D eigenvalue weighted by Gasteiger charge is -2.26. The number of rotatable bonds is 7. The first-order chi connectivity index (χ1) is 17.9. The molecule has 0 aliphatic carbocycles. The summed E-state index contributed by atoms with van der Waals surface area (Å²) in [4.78, 5) is 30.5. The number of aliphatic carboxylic acids is 2. The van der Waals surface area contributed by atoms with E-state index in [1.165, 1.54) is 12.2 Å². The molecule has 4 aromatic rings. The van der Waals surface area contributed by atoms with E-state index in [0.717, 1.165) is 27.8 Å². The van der Waals surface area contributed by atoms with E-state index in [-0.39, 0.29) is 11.4 Å². The fourth-order valence-corrected chi connectivity index (χ4v) is 3.80. The Labute approximate surface area is 213 Å². The van der Waals surface area contributed by atoms with Crippen LogP contribution in [0.3, 0.4) is 0 Å². The van der Waals surface area contributed by atoms with Gasteiger partial charge in [-0.05, 0) is 70.4 Å². The van der Waals surface area contributed by atoms with Crippen molar-refractivity contribution in [3.8, 4) is 0 Å². The summed E-state index contributed by atoms with van der Waals surface area (Å²) < 4.78 is 0. The highest BCUT2D eigenvalue weighted by Gasteiger charge is 2.14. The molecule has 37 heavy (non-hydrogen) atoms. The number of carboxylic acids is 2. The number of carbonyl (C=O) groups is 2. The van der Waals surface area contributed by atoms with Crippen molar-refractivity contribution in [2.24, 2.45) is 0 Å². The van der Waals surface area contributed by atoms with E-state index in [2.05, 4.69) is 15.8 Å². The number of carboxylic acid groups (broad SMARTS) is 2. The summed E-state index contributed by atoms with van der Waals surface area (Å²) >= 11 is 0. The Morgan fingerprint density at radius 2 is 1.05 bits per heavy atom. The van der Waals surface area contributed by atoms with Crippen molar-refractivity contribution in [1.82, 2.24) is 0 Å². The second-order valence-electron chi connectivity index (χ2n) is 7.94. The summed E-state index contributed by atoms with van der Waals surface area (Å²) in [5.74, 6) is -2.56. The standard InChI is InChI=1S/C30H19N3O4/c1-31-27(29(34)35)17-20-7-12-24(13-8-20)33(26-16-11-22-5-3-4-6-23(22)19-26)25-14-9-21(10-15-25)18-28(32-2)30(36)37/h3-19H,(H,34,35)(H,36,37)/b27-17-,28-18+. The van der Waals surface area contributed by atoms with Gasteiger partial charge in [0, 0.05) is 17.1 Å². The van der Waals surface area contributed by atoms with Gasteiger partial charge in [0.15, 0.2) is 0 Å². The van der Waals surface area contributed by atoms with Gasteiger partial charge in [-0.3, -0.25) is 9.59 Å². The molecular formula is C30H19N3O4. The van der Waals surface area contributed by atoms with E-state index in [1.54, 1.807) is 24.3 Å². The molecule has 0 aliphatic heterocycles. The SMILES string of the molecule is [C-]#[N+]/C(=C\c1ccc(N(c2ccc(/C=C(/[N+]#[C-])C(=O)O)cc2)c2ccc3ccccc3c2)cc1)C(=O)O. The highest BCUT2D eigenvalue weighted by Crippen LogP contribution is 2.36. The van der Waals surface area contributed by atoms with Crippen LogP contribution in [0.2, 0.25) is 0 Å². The quantitative estimate of drug-likeness (QED) is 0.217. The highest BCUT2D eigenvalue weighted by molar-refractivity contribution is 5.95. The molecule has 0 unspecified atom stereocenters. The minimum absolute atomic E-state index is 0.372. The molecule has 0 spiro atoms. The van der Waals surface area contributed by atoms with Crippen LogP contribution in [-0.4, -0.2) is 22.2 Å². The topological polar surface area (TPSA) is 86.6 Å². The first-order valence-corrected chi connectivity index (χ1v) is 11.0. The van der Waals surface area contributed by atoms with Gasteiger partial charge in [0.05, 0.1) is 13.1 Å². The predicted molar refractivity (Wildman–Crippen MR) is 143 cm³/mol. The van der Waals surface area contributed by atoms with Crippen molar-refractivity contribution in [1.29, 1.82) is 0 Å². The Morgan fingerprint density at radius 3 is 1.49 bits per heavy atom. The van der Waals surface area contributed by atoms with Gasteiger partial charge in [0.25, 0.3) is 11.4 Å². The van der Waals surface area contributed by atoms with Crippen molar-refractivity contribution in [3.05, 3.63) is 136 Å². The third-order valence-electron chi connectivity index (χ3n) is 5.58. The van der Waals surface area contributed by atoms with E-state index < -0.39 is 11.9 Å². The Bertz CT molecular complexity index is 1550. The van der Waals surface area contributed by atoms with Crippen molar-refractivity contribution in [3.63, 3.8) is 0 Å². The summed E-state index contributed by atoms with van der Waals surface area (Å²) in [5, 5.41) is 20.4. The molecule has 7 nitrogen and oxygen atoms in total. The maximum atomic E-state index is 11.2. The second kappa shape index (κ2) is 10.7. The molecule has 4 aromatic carbocycles. The monoisotopic (exact) mass is 485 g/mol. The Balaban J connectivity index is 1.79. The molecule has 0 radical (unpaired) electrons. The second-order valence-corrected chi connectivity index (χ2v) is 7.94. The highest BCUT2D eigenvalue weighted by atomic mass is 16.4. The maximum absolute atomic E-state index is 11.2. The van der Waals surface area contributed by atoms with Crippen LogP contribution >= 0.6 is 0 Å². The zero-order chi connectivity index (χ0) is 26.4. The molecule has 0 aromatic heterocycles. The lowest BCUT2D eigenvalue weighted by Crippen LogP contribution is -2.10. The molecule has 178 valence electrons. The van der Waals surface area contributed by atoms with Gasteiger partial charge >= 0.3 is 11.9 Å². The van der Waals surface area contributed by atoms with E-state index in [9.17, 15) is 9.59 Å². The summed E-state index contributed by atoms with van der Waals surface area (Å²) in [7, 11) is 0. The van der Waals surface area contributed by atoms with Gasteiger partial charge in [-0.2, -0.15) is 0 Å². The lowest BCUT2D eigenvalue weighted by atomic mass is 10.1. The van der Waals surface area contributed by atoms with Gasteiger partial charge in [0.2, 0.25) is 0 Å². The van der Waals surface area contributed by atoms with Crippen LogP contribution < -0.4 is 4.90 Å². The molecule has 0 bridgehead atoms. The van der Waals surface area contributed by atoms with Crippen LogP contribution in [0, 0.1) is 13.1 Å². The number of anilines is 3. The van der Waals surface area contributed by atoms with Gasteiger partial charge in [0.1, 0.15) is 0 Å². The fourth-order valence-electron chi connectivity index (χ4n) is 3.80. The molecule has 0 fully saturated rings. The number of hydrogen-bond donors (Lipinski definition) is 2. The number of benzene rings is 4. The molecular weight excluding hydrogens is 466 g/mol. The third kappa shape index (κ3) is 5.54. The Kier molecular flexibility index (Phi) is 7.09. The van der Waals surface area contributed by atoms with E-state index in [0.29, 0.717) is 11.1 Å². The van der Waals surface area contributed by atoms with Gasteiger partial charge in [-0.25, -0.2) is 9.69 Å². The average molecular weight is 485 g/mol. The molecule has 0 saturated heterocycles. The van der Waals surface area contributed by atoms with Crippen molar-refractivity contribution >= 4 is 51.9 Å². The summed E-state index contributed by atoms with van der Waals surface area (Å²) in [6.07, 6.45) is 2.63. The van der Waals surface area contributed by atoms with E-state index >= 15 is 0 Å². The molecule has 0 amide bonds. The zero-order valence-corrected chi connectivity index (χ0v) is 19.4. The third-order valence-corrected chi connectivity index (χ3v) is 5.58. The van der Waals surface area contributed by atoms with Crippen LogP contribution in [0.1, 0.15) is 11.1 Å². The van der Waals surface area contributed by atoms with Crippen molar-refractivity contribution in [2.45, 2.75) is 0 Å². The predicted octanol–water partition coefficient (Wildman–Crippen LogP) is 7.00. The first-order valence-electron chi connectivity index (χ1n) is 11.0. The van der Waals surface area contributed by atoms with Gasteiger partial charge in [-0.1, -0.05) is 54.6 Å². The Morgan fingerprint density at radius 1 is 0.622 bits per heavy atom. The summed E-state index contributed by atoms with van der Waals surface area (Å²) in [6.45, 7) is 14.1. The minimum atomic E-state index is -1.28. The van der Waals surface area contributed by atoms with E-state index in [4.69, 9.17) is 23.4 Å². The fraction of sp³-hybridized carbons (Fsp3) is 0. The molecule has 7 heteroatoms.